The topological polar surface area (TPSA) is 129 Å². The van der Waals surface area contributed by atoms with Gasteiger partial charge < -0.3 is 25.3 Å². The number of carboxylic acid groups (broad SMARTS) is 1. The number of carbonyl (C=O) groups is 3. The summed E-state index contributed by atoms with van der Waals surface area (Å²) in [5.74, 6) is -2.51. The highest BCUT2D eigenvalue weighted by Gasteiger charge is 2.48. The highest BCUT2D eigenvalue weighted by molar-refractivity contribution is 6.45. The first kappa shape index (κ1) is 21.0. The van der Waals surface area contributed by atoms with E-state index in [1.54, 1.807) is 60.7 Å². The van der Waals surface area contributed by atoms with Crippen LogP contribution in [-0.2, 0) is 19.1 Å². The first-order valence-electron chi connectivity index (χ1n) is 9.17. The van der Waals surface area contributed by atoms with E-state index < -0.39 is 36.0 Å². The molecule has 2 amide bonds. The maximum absolute atomic E-state index is 12.6. The van der Waals surface area contributed by atoms with Gasteiger partial charge in [0.1, 0.15) is 12.1 Å². The Labute approximate surface area is 172 Å². The number of benzene rings is 2. The Morgan fingerprint density at radius 2 is 1.73 bits per heavy atom. The van der Waals surface area contributed by atoms with Gasteiger partial charge in [-0.05, 0) is 5.56 Å². The van der Waals surface area contributed by atoms with Gasteiger partial charge in [0.25, 0.3) is 5.91 Å². The maximum atomic E-state index is 12.6. The van der Waals surface area contributed by atoms with E-state index >= 15 is 0 Å². The summed E-state index contributed by atoms with van der Waals surface area (Å²) in [6.45, 7) is -0.0122. The molecule has 0 aromatic heterocycles. The van der Waals surface area contributed by atoms with E-state index in [0.29, 0.717) is 11.1 Å². The second kappa shape index (κ2) is 9.19. The smallest absolute Gasteiger partial charge is 0.329 e. The van der Waals surface area contributed by atoms with Crippen LogP contribution in [0.25, 0.3) is 0 Å². The van der Waals surface area contributed by atoms with Crippen molar-refractivity contribution >= 4 is 23.5 Å². The zero-order valence-electron chi connectivity index (χ0n) is 16.1. The maximum Gasteiger partial charge on any atom is 0.329 e. The number of amides is 2. The largest absolute Gasteiger partial charge is 0.480 e. The molecule has 156 valence electrons. The van der Waals surface area contributed by atoms with E-state index in [4.69, 9.17) is 4.74 Å². The molecular weight excluding hydrogens is 390 g/mol. The van der Waals surface area contributed by atoms with Crippen molar-refractivity contribution in [2.75, 3.05) is 13.7 Å². The van der Waals surface area contributed by atoms with Crippen LogP contribution in [0.15, 0.2) is 65.8 Å². The number of aliphatic carboxylic acids is 1. The van der Waals surface area contributed by atoms with Gasteiger partial charge in [-0.25, -0.2) is 4.79 Å². The molecule has 3 N–H and O–H groups in total. The quantitative estimate of drug-likeness (QED) is 0.258. The van der Waals surface area contributed by atoms with Gasteiger partial charge in [-0.3, -0.25) is 9.59 Å². The summed E-state index contributed by atoms with van der Waals surface area (Å²) < 4.78 is 5.38. The van der Waals surface area contributed by atoms with Gasteiger partial charge in [0.2, 0.25) is 5.91 Å². The van der Waals surface area contributed by atoms with Crippen LogP contribution < -0.4 is 5.32 Å². The summed E-state index contributed by atoms with van der Waals surface area (Å²) in [4.78, 5) is 38.1. The lowest BCUT2D eigenvalue weighted by molar-refractivity contribution is -0.166. The molecule has 0 aliphatic carbocycles. The van der Waals surface area contributed by atoms with Crippen LogP contribution in [0.3, 0.4) is 0 Å². The van der Waals surface area contributed by atoms with Crippen molar-refractivity contribution in [2.24, 2.45) is 5.16 Å². The zero-order chi connectivity index (χ0) is 21.7. The highest BCUT2D eigenvalue weighted by atomic mass is 16.5. The normalized spacial score (nSPS) is 18.3. The van der Waals surface area contributed by atoms with Crippen molar-refractivity contribution in [3.05, 3.63) is 71.8 Å². The molecule has 0 radical (unpaired) electrons. The zero-order valence-corrected chi connectivity index (χ0v) is 16.1. The summed E-state index contributed by atoms with van der Waals surface area (Å²) in [5.41, 5.74) is 0.759. The Morgan fingerprint density at radius 1 is 1.13 bits per heavy atom. The van der Waals surface area contributed by atoms with Crippen LogP contribution in [-0.4, -0.2) is 64.4 Å². The number of β-lactam (4-membered cyclic amide) rings is 1. The van der Waals surface area contributed by atoms with Crippen LogP contribution in [0.2, 0.25) is 0 Å². The lowest BCUT2D eigenvalue weighted by atomic mass is 9.95. The van der Waals surface area contributed by atoms with Crippen LogP contribution in [0.1, 0.15) is 17.2 Å². The summed E-state index contributed by atoms with van der Waals surface area (Å²) in [6, 6.07) is 14.8. The van der Waals surface area contributed by atoms with Gasteiger partial charge in [0.15, 0.2) is 11.8 Å². The van der Waals surface area contributed by atoms with E-state index in [2.05, 4.69) is 10.5 Å². The fourth-order valence-electron chi connectivity index (χ4n) is 3.38. The number of carbonyl (C=O) groups excluding carboxylic acids is 2. The molecule has 9 heteroatoms. The van der Waals surface area contributed by atoms with E-state index in [9.17, 15) is 24.7 Å². The van der Waals surface area contributed by atoms with Crippen molar-refractivity contribution in [1.29, 1.82) is 0 Å². The Balaban J connectivity index is 1.71. The fourth-order valence-corrected chi connectivity index (χ4v) is 3.38. The van der Waals surface area contributed by atoms with Gasteiger partial charge in [0, 0.05) is 12.7 Å². The van der Waals surface area contributed by atoms with Crippen LogP contribution in [0, 0.1) is 0 Å². The molecule has 1 heterocycles. The minimum absolute atomic E-state index is 0.0122. The van der Waals surface area contributed by atoms with Crippen LogP contribution in [0.4, 0.5) is 0 Å². The molecule has 0 bridgehead atoms. The lowest BCUT2D eigenvalue weighted by Gasteiger charge is -2.44. The van der Waals surface area contributed by atoms with E-state index in [1.165, 1.54) is 7.11 Å². The number of ether oxygens (including phenoxy) is 1. The van der Waals surface area contributed by atoms with Crippen molar-refractivity contribution in [3.63, 3.8) is 0 Å². The molecule has 30 heavy (non-hydrogen) atoms. The first-order valence-corrected chi connectivity index (χ1v) is 9.17. The average molecular weight is 411 g/mol. The number of nitrogens with zero attached hydrogens (tertiary/aromatic N) is 2. The molecule has 3 rings (SSSR count). The average Bonchev–Trinajstić information content (AvgIpc) is 2.76. The molecule has 1 fully saturated rings. The third-order valence-electron chi connectivity index (χ3n) is 4.89. The lowest BCUT2D eigenvalue weighted by Crippen LogP contribution is -2.69. The van der Waals surface area contributed by atoms with Gasteiger partial charge in [-0.1, -0.05) is 65.8 Å². The number of carboxylic acids is 1. The van der Waals surface area contributed by atoms with Gasteiger partial charge in [-0.2, -0.15) is 0 Å². The predicted molar refractivity (Wildman–Crippen MR) is 106 cm³/mol. The van der Waals surface area contributed by atoms with Gasteiger partial charge >= 0.3 is 5.97 Å². The van der Waals surface area contributed by atoms with Gasteiger partial charge in [0.05, 0.1) is 6.54 Å². The Hall–Kier alpha value is -3.72. The molecule has 2 aromatic carbocycles. The van der Waals surface area contributed by atoms with Crippen molar-refractivity contribution in [1.82, 2.24) is 10.2 Å². The monoisotopic (exact) mass is 411 g/mol. The standard InChI is InChI=1S/C21H21N3O6/c1-30-18(14-10-6-3-7-11-14)17(21(27)28)24-12-15(20(24)26)22-19(25)16(23-29)13-8-4-2-5-9-13/h2-11,15,17-18,29H,12H2,1H3,(H,22,25)(H,27,28). The number of nitrogens with one attached hydrogen (secondary N) is 1. The number of methoxy groups -OCH3 is 1. The third kappa shape index (κ3) is 4.15. The predicted octanol–water partition coefficient (Wildman–Crippen LogP) is 1.03. The third-order valence-corrected chi connectivity index (χ3v) is 4.89. The second-order valence-corrected chi connectivity index (χ2v) is 6.68. The van der Waals surface area contributed by atoms with Gasteiger partial charge in [-0.15, -0.1) is 0 Å². The molecule has 0 spiro atoms. The summed E-state index contributed by atoms with van der Waals surface area (Å²) in [5, 5.41) is 24.4. The molecule has 2 aromatic rings. The first-order chi connectivity index (χ1) is 14.5. The van der Waals surface area contributed by atoms with E-state index in [0.717, 1.165) is 4.90 Å². The molecule has 1 aliphatic rings. The second-order valence-electron chi connectivity index (χ2n) is 6.68. The molecule has 9 nitrogen and oxygen atoms in total. The Kier molecular flexibility index (Phi) is 6.43. The van der Waals surface area contributed by atoms with Crippen molar-refractivity contribution in [3.8, 4) is 0 Å². The minimum atomic E-state index is -1.25. The highest BCUT2D eigenvalue weighted by Crippen LogP contribution is 2.28. The van der Waals surface area contributed by atoms with Crippen molar-refractivity contribution < 1.29 is 29.4 Å². The number of likely N-dealkylation sites (tertiary alicyclic amines) is 1. The molecule has 1 aliphatic heterocycles. The molecular formula is C21H21N3O6. The van der Waals surface area contributed by atoms with E-state index in [-0.39, 0.29) is 12.3 Å². The number of oxime groups is 1. The minimum Gasteiger partial charge on any atom is -0.480 e. The number of hydrogen-bond donors (Lipinski definition) is 3. The van der Waals surface area contributed by atoms with Crippen LogP contribution in [0.5, 0.6) is 0 Å². The van der Waals surface area contributed by atoms with E-state index in [1.807, 2.05) is 0 Å². The Morgan fingerprint density at radius 3 is 2.23 bits per heavy atom. The summed E-state index contributed by atoms with van der Waals surface area (Å²) >= 11 is 0. The molecule has 1 saturated heterocycles. The fraction of sp³-hybridized carbons (Fsp3) is 0.238. The SMILES string of the molecule is COC(c1ccccc1)C(C(=O)O)N1CC(NC(=O)C(=NO)c2ccccc2)C1=O. The molecule has 3 atom stereocenters. The summed E-state index contributed by atoms with van der Waals surface area (Å²) in [6.07, 6.45) is -0.872. The summed E-state index contributed by atoms with van der Waals surface area (Å²) in [7, 11) is 1.38. The number of rotatable bonds is 8. The molecule has 3 unspecified atom stereocenters. The van der Waals surface area contributed by atoms with Crippen LogP contribution >= 0.6 is 0 Å². The number of hydrogen-bond acceptors (Lipinski definition) is 6. The van der Waals surface area contributed by atoms with Crippen molar-refractivity contribution in [2.45, 2.75) is 18.2 Å². The molecule has 0 saturated carbocycles. The Bertz CT molecular complexity index is 948.